The standard InChI is InChI=1S/C16H22N2O5/c1-9-6-17(7-12(9)16(22)23)13(19)8-18-14(20)10-4-2-3-5-11(10)15(18)21/h9-12H,2-8H2,1H3,(H,22,23)/t9-,10?,11?,12-/m1/s1. The van der Waals surface area contributed by atoms with Crippen molar-refractivity contribution in [1.29, 1.82) is 0 Å². The highest BCUT2D eigenvalue weighted by Gasteiger charge is 2.49. The van der Waals surface area contributed by atoms with E-state index in [4.69, 9.17) is 5.11 Å². The average Bonchev–Trinajstić information content (AvgIpc) is 3.02. The molecule has 3 aliphatic rings. The number of nitrogens with zero attached hydrogens (tertiary/aromatic N) is 2. The summed E-state index contributed by atoms with van der Waals surface area (Å²) in [5.41, 5.74) is 0. The second-order valence-corrected chi connectivity index (χ2v) is 6.98. The first-order valence-corrected chi connectivity index (χ1v) is 8.26. The number of rotatable bonds is 3. The number of hydrogen-bond acceptors (Lipinski definition) is 4. The monoisotopic (exact) mass is 322 g/mol. The van der Waals surface area contributed by atoms with Crippen molar-refractivity contribution in [3.8, 4) is 0 Å². The lowest BCUT2D eigenvalue weighted by Gasteiger charge is -2.20. The van der Waals surface area contributed by atoms with Crippen molar-refractivity contribution in [2.24, 2.45) is 23.7 Å². The Balaban J connectivity index is 1.65. The van der Waals surface area contributed by atoms with Crippen LogP contribution < -0.4 is 0 Å². The molecule has 2 unspecified atom stereocenters. The first-order chi connectivity index (χ1) is 10.9. The van der Waals surface area contributed by atoms with Crippen LogP contribution in [0.5, 0.6) is 0 Å². The fourth-order valence-electron chi connectivity index (χ4n) is 4.11. The number of aliphatic carboxylic acids is 1. The molecule has 0 radical (unpaired) electrons. The third-order valence-corrected chi connectivity index (χ3v) is 5.51. The van der Waals surface area contributed by atoms with Gasteiger partial charge in [0, 0.05) is 13.1 Å². The molecule has 0 spiro atoms. The van der Waals surface area contributed by atoms with Crippen LogP contribution in [0.4, 0.5) is 0 Å². The Labute approximate surface area is 134 Å². The Morgan fingerprint density at radius 2 is 1.65 bits per heavy atom. The van der Waals surface area contributed by atoms with Gasteiger partial charge in [-0.05, 0) is 18.8 Å². The first kappa shape index (κ1) is 16.0. The fourth-order valence-corrected chi connectivity index (χ4v) is 4.11. The number of carbonyl (C=O) groups is 4. The van der Waals surface area contributed by atoms with Gasteiger partial charge in [0.25, 0.3) is 0 Å². The zero-order valence-corrected chi connectivity index (χ0v) is 13.2. The van der Waals surface area contributed by atoms with E-state index in [0.717, 1.165) is 30.6 Å². The summed E-state index contributed by atoms with van der Waals surface area (Å²) < 4.78 is 0. The van der Waals surface area contributed by atoms with Gasteiger partial charge in [0.15, 0.2) is 0 Å². The Bertz CT molecular complexity index is 537. The largest absolute Gasteiger partial charge is 0.481 e. The molecule has 0 aromatic rings. The fraction of sp³-hybridized carbons (Fsp3) is 0.750. The maximum absolute atomic E-state index is 12.4. The molecule has 23 heavy (non-hydrogen) atoms. The van der Waals surface area contributed by atoms with Crippen molar-refractivity contribution in [2.45, 2.75) is 32.6 Å². The molecule has 0 aromatic carbocycles. The minimum Gasteiger partial charge on any atom is -0.481 e. The summed E-state index contributed by atoms with van der Waals surface area (Å²) in [6, 6.07) is 0. The van der Waals surface area contributed by atoms with Gasteiger partial charge in [-0.15, -0.1) is 0 Å². The highest BCUT2D eigenvalue weighted by atomic mass is 16.4. The number of fused-ring (bicyclic) bond motifs is 1. The number of carboxylic acids is 1. The molecule has 0 bridgehead atoms. The number of carboxylic acid groups (broad SMARTS) is 1. The number of likely N-dealkylation sites (tertiary alicyclic amines) is 2. The van der Waals surface area contributed by atoms with Gasteiger partial charge in [-0.1, -0.05) is 19.8 Å². The van der Waals surface area contributed by atoms with Crippen LogP contribution in [0.3, 0.4) is 0 Å². The van der Waals surface area contributed by atoms with E-state index in [9.17, 15) is 19.2 Å². The van der Waals surface area contributed by atoms with Gasteiger partial charge in [0.2, 0.25) is 17.7 Å². The molecule has 1 N–H and O–H groups in total. The number of carbonyl (C=O) groups excluding carboxylic acids is 3. The van der Waals surface area contributed by atoms with Gasteiger partial charge in [0.1, 0.15) is 6.54 Å². The van der Waals surface area contributed by atoms with Gasteiger partial charge in [-0.2, -0.15) is 0 Å². The first-order valence-electron chi connectivity index (χ1n) is 8.26. The van der Waals surface area contributed by atoms with Gasteiger partial charge in [-0.3, -0.25) is 24.1 Å². The molecule has 1 aliphatic carbocycles. The van der Waals surface area contributed by atoms with Crippen molar-refractivity contribution in [3.05, 3.63) is 0 Å². The van der Waals surface area contributed by atoms with Crippen molar-refractivity contribution in [3.63, 3.8) is 0 Å². The Morgan fingerprint density at radius 3 is 2.13 bits per heavy atom. The normalized spacial score (nSPS) is 34.0. The molecular formula is C16H22N2O5. The van der Waals surface area contributed by atoms with Crippen LogP contribution in [-0.2, 0) is 19.2 Å². The topological polar surface area (TPSA) is 95.0 Å². The van der Waals surface area contributed by atoms with Crippen LogP contribution in [0.1, 0.15) is 32.6 Å². The summed E-state index contributed by atoms with van der Waals surface area (Å²) >= 11 is 0. The summed E-state index contributed by atoms with van der Waals surface area (Å²) in [5, 5.41) is 9.14. The van der Waals surface area contributed by atoms with E-state index >= 15 is 0 Å². The lowest BCUT2D eigenvalue weighted by Crippen LogP contribution is -2.42. The predicted molar refractivity (Wildman–Crippen MR) is 79.0 cm³/mol. The van der Waals surface area contributed by atoms with Gasteiger partial charge < -0.3 is 10.0 Å². The van der Waals surface area contributed by atoms with Gasteiger partial charge in [-0.25, -0.2) is 0 Å². The van der Waals surface area contributed by atoms with Crippen LogP contribution in [0.2, 0.25) is 0 Å². The summed E-state index contributed by atoms with van der Waals surface area (Å²) in [6.45, 7) is 2.06. The number of imide groups is 1. The number of amides is 3. The smallest absolute Gasteiger partial charge is 0.308 e. The summed E-state index contributed by atoms with van der Waals surface area (Å²) in [5.74, 6) is -2.91. The molecular weight excluding hydrogens is 300 g/mol. The van der Waals surface area contributed by atoms with E-state index in [1.807, 2.05) is 0 Å². The summed E-state index contributed by atoms with van der Waals surface area (Å²) in [4.78, 5) is 50.9. The molecule has 2 heterocycles. The summed E-state index contributed by atoms with van der Waals surface area (Å²) in [7, 11) is 0. The zero-order chi connectivity index (χ0) is 16.7. The van der Waals surface area contributed by atoms with Gasteiger partial charge in [0.05, 0.1) is 17.8 Å². The second-order valence-electron chi connectivity index (χ2n) is 6.98. The minimum atomic E-state index is -0.910. The highest BCUT2D eigenvalue weighted by Crippen LogP contribution is 2.38. The molecule has 7 nitrogen and oxygen atoms in total. The van der Waals surface area contributed by atoms with E-state index in [2.05, 4.69) is 0 Å². The molecule has 4 atom stereocenters. The SMILES string of the molecule is C[C@@H]1CN(C(=O)CN2C(=O)C3CCCCC3C2=O)C[C@H]1C(=O)O. The minimum absolute atomic E-state index is 0.121. The van der Waals surface area contributed by atoms with Crippen LogP contribution >= 0.6 is 0 Å². The van der Waals surface area contributed by atoms with E-state index in [1.165, 1.54) is 4.90 Å². The molecule has 3 fully saturated rings. The number of hydrogen-bond donors (Lipinski definition) is 1. The van der Waals surface area contributed by atoms with E-state index in [0.29, 0.717) is 6.54 Å². The maximum atomic E-state index is 12.4. The molecule has 0 aromatic heterocycles. The van der Waals surface area contributed by atoms with E-state index < -0.39 is 11.9 Å². The third kappa shape index (κ3) is 2.72. The van der Waals surface area contributed by atoms with Crippen molar-refractivity contribution < 1.29 is 24.3 Å². The molecule has 2 aliphatic heterocycles. The molecule has 2 saturated heterocycles. The Morgan fingerprint density at radius 1 is 1.09 bits per heavy atom. The van der Waals surface area contributed by atoms with Crippen molar-refractivity contribution >= 4 is 23.7 Å². The van der Waals surface area contributed by atoms with Crippen LogP contribution in [0, 0.1) is 23.7 Å². The molecule has 1 saturated carbocycles. The molecule has 3 amide bonds. The Hall–Kier alpha value is -1.92. The Kier molecular flexibility index (Phi) is 4.12. The van der Waals surface area contributed by atoms with Crippen LogP contribution in [0.25, 0.3) is 0 Å². The van der Waals surface area contributed by atoms with Gasteiger partial charge >= 0.3 is 5.97 Å². The lowest BCUT2D eigenvalue weighted by atomic mass is 9.81. The van der Waals surface area contributed by atoms with Crippen molar-refractivity contribution in [2.75, 3.05) is 19.6 Å². The zero-order valence-electron chi connectivity index (χ0n) is 13.2. The van der Waals surface area contributed by atoms with Crippen molar-refractivity contribution in [1.82, 2.24) is 9.80 Å². The quantitative estimate of drug-likeness (QED) is 0.756. The molecule has 126 valence electrons. The third-order valence-electron chi connectivity index (χ3n) is 5.51. The van der Waals surface area contributed by atoms with Crippen LogP contribution in [-0.4, -0.2) is 58.2 Å². The van der Waals surface area contributed by atoms with E-state index in [-0.39, 0.29) is 48.6 Å². The lowest BCUT2D eigenvalue weighted by molar-refractivity contribution is -0.147. The predicted octanol–water partition coefficient (Wildman–Crippen LogP) is 0.341. The average molecular weight is 322 g/mol. The molecule has 3 rings (SSSR count). The maximum Gasteiger partial charge on any atom is 0.308 e. The summed E-state index contributed by atoms with van der Waals surface area (Å²) in [6.07, 6.45) is 3.35. The molecule has 7 heteroatoms. The van der Waals surface area contributed by atoms with E-state index in [1.54, 1.807) is 6.92 Å². The second kappa shape index (κ2) is 5.94. The van der Waals surface area contributed by atoms with Crippen LogP contribution in [0.15, 0.2) is 0 Å². The highest BCUT2D eigenvalue weighted by molar-refractivity contribution is 6.07.